The van der Waals surface area contributed by atoms with Gasteiger partial charge in [0.2, 0.25) is 0 Å². The van der Waals surface area contributed by atoms with Gasteiger partial charge in [-0.1, -0.05) is 32.9 Å². The first-order valence-corrected chi connectivity index (χ1v) is 14.8. The van der Waals surface area contributed by atoms with Gasteiger partial charge in [-0.05, 0) is 62.1 Å². The van der Waals surface area contributed by atoms with E-state index < -0.39 is 23.2 Å². The number of aromatic nitrogens is 1. The Kier molecular flexibility index (Phi) is 9.09. The topological polar surface area (TPSA) is 80.7 Å². The first kappa shape index (κ1) is 29.9. The molecule has 0 radical (unpaired) electrons. The molecule has 0 bridgehead atoms. The number of hydrogen-bond acceptors (Lipinski definition) is 7. The predicted octanol–water partition coefficient (Wildman–Crippen LogP) is 8.93. The summed E-state index contributed by atoms with van der Waals surface area (Å²) in [5.74, 6) is -1.73. The molecule has 0 fully saturated rings. The lowest BCUT2D eigenvalue weighted by Crippen LogP contribution is -2.22. The molecule has 2 aromatic carbocycles. The Morgan fingerprint density at radius 1 is 1.23 bits per heavy atom. The lowest BCUT2D eigenvalue weighted by molar-refractivity contribution is 0.0691. The van der Waals surface area contributed by atoms with E-state index in [-0.39, 0.29) is 28.7 Å². The van der Waals surface area contributed by atoms with Crippen LogP contribution in [0, 0.1) is 23.0 Å². The van der Waals surface area contributed by atoms with Crippen LogP contribution < -0.4 is 14.2 Å². The van der Waals surface area contributed by atoms with E-state index in [0.29, 0.717) is 21.5 Å². The fourth-order valence-electron chi connectivity index (χ4n) is 4.69. The van der Waals surface area contributed by atoms with Crippen LogP contribution in [0.15, 0.2) is 40.7 Å². The van der Waals surface area contributed by atoms with Gasteiger partial charge in [0.1, 0.15) is 21.6 Å². The molecule has 0 saturated carbocycles. The van der Waals surface area contributed by atoms with Crippen LogP contribution >= 0.6 is 23.3 Å². The molecule has 10 heteroatoms. The number of methoxy groups -OCH3 is 1. The number of nitrogens with one attached hydrogen (secondary N) is 1. The number of allylic oxidation sites excluding steroid dienone is 2. The molecule has 2 N–H and O–H groups in total. The molecule has 1 atom stereocenters. The van der Waals surface area contributed by atoms with E-state index >= 15 is 4.39 Å². The fraction of sp³-hybridized carbons (Fsp3) is 0.400. The second kappa shape index (κ2) is 12.2. The normalized spacial score (nSPS) is 15.6. The van der Waals surface area contributed by atoms with Crippen molar-refractivity contribution in [1.82, 2.24) is 4.98 Å². The van der Waals surface area contributed by atoms with Crippen molar-refractivity contribution in [2.24, 2.45) is 11.3 Å². The highest BCUT2D eigenvalue weighted by Gasteiger charge is 2.28. The highest BCUT2D eigenvalue weighted by atomic mass is 32.2. The molecule has 40 heavy (non-hydrogen) atoms. The van der Waals surface area contributed by atoms with Gasteiger partial charge in [-0.3, -0.25) is 0 Å². The van der Waals surface area contributed by atoms with E-state index in [2.05, 4.69) is 36.6 Å². The molecular formula is C30H34F2N2O4S2. The smallest absolute Gasteiger partial charge is 0.338 e. The summed E-state index contributed by atoms with van der Waals surface area (Å²) in [7, 11) is 1.37. The summed E-state index contributed by atoms with van der Waals surface area (Å²) < 4.78 is 44.4. The van der Waals surface area contributed by atoms with Crippen LogP contribution in [0.5, 0.6) is 11.5 Å². The SMILES string of the molecule is COc1cc(C(=O)O)c(F)cc1NSc1csc(-c2ccc(C3=CCC(C(C)(C)C)CC3)c(OC(C)C)c2F)n1. The number of nitrogens with zero attached hydrogens (tertiary/aromatic N) is 1. The number of anilines is 1. The molecule has 0 spiro atoms. The van der Waals surface area contributed by atoms with Crippen LogP contribution in [0.4, 0.5) is 14.5 Å². The van der Waals surface area contributed by atoms with Crippen LogP contribution in [0.3, 0.4) is 0 Å². The molecule has 0 amide bonds. The lowest BCUT2D eigenvalue weighted by Gasteiger charge is -2.33. The average Bonchev–Trinajstić information content (AvgIpc) is 3.36. The van der Waals surface area contributed by atoms with Gasteiger partial charge < -0.3 is 19.3 Å². The summed E-state index contributed by atoms with van der Waals surface area (Å²) >= 11 is 2.36. The largest absolute Gasteiger partial charge is 0.495 e. The maximum atomic E-state index is 16.0. The Morgan fingerprint density at radius 2 is 1.95 bits per heavy atom. The van der Waals surface area contributed by atoms with Crippen molar-refractivity contribution in [2.75, 3.05) is 11.8 Å². The lowest BCUT2D eigenvalue weighted by atomic mass is 9.72. The highest BCUT2D eigenvalue weighted by Crippen LogP contribution is 2.44. The Balaban J connectivity index is 1.58. The number of thiazole rings is 1. The number of carbonyl (C=O) groups is 1. The van der Waals surface area contributed by atoms with E-state index in [4.69, 9.17) is 14.6 Å². The summed E-state index contributed by atoms with van der Waals surface area (Å²) in [5.41, 5.74) is 2.23. The van der Waals surface area contributed by atoms with Crippen LogP contribution in [0.1, 0.15) is 69.8 Å². The molecule has 1 heterocycles. The number of ether oxygens (including phenoxy) is 2. The average molecular weight is 589 g/mol. The van der Waals surface area contributed by atoms with Crippen molar-refractivity contribution in [1.29, 1.82) is 0 Å². The van der Waals surface area contributed by atoms with E-state index in [0.717, 1.165) is 54.5 Å². The summed E-state index contributed by atoms with van der Waals surface area (Å²) in [6.07, 6.45) is 4.90. The number of halogens is 2. The number of hydrogen-bond donors (Lipinski definition) is 2. The van der Waals surface area contributed by atoms with Gasteiger partial charge in [-0.25, -0.2) is 18.6 Å². The standard InChI is InChI=1S/C30H34F2N2O4S2/c1-16(2)38-27-19(17-7-9-18(10-8-17)30(3,4)5)11-12-20(26(27)32)28-33-25(15-39-28)40-34-23-14-22(31)21(29(35)36)13-24(23)37-6/h7,11-16,18,34H,8-10H2,1-6H3,(H,35,36). The van der Waals surface area contributed by atoms with Crippen LogP contribution in [-0.2, 0) is 0 Å². The third kappa shape index (κ3) is 6.61. The van der Waals surface area contributed by atoms with E-state index in [1.54, 1.807) is 11.4 Å². The second-order valence-corrected chi connectivity index (χ2v) is 12.8. The van der Waals surface area contributed by atoms with E-state index in [9.17, 15) is 9.18 Å². The number of carboxylic acid groups (broad SMARTS) is 1. The molecular weight excluding hydrogens is 554 g/mol. The molecule has 6 nitrogen and oxygen atoms in total. The second-order valence-electron chi connectivity index (χ2n) is 11.1. The zero-order valence-corrected chi connectivity index (χ0v) is 25.1. The first-order valence-electron chi connectivity index (χ1n) is 13.1. The van der Waals surface area contributed by atoms with Crippen LogP contribution in [0.25, 0.3) is 16.1 Å². The van der Waals surface area contributed by atoms with Crippen LogP contribution in [0.2, 0.25) is 0 Å². The molecule has 1 aliphatic carbocycles. The quantitative estimate of drug-likeness (QED) is 0.242. The monoisotopic (exact) mass is 588 g/mol. The van der Waals surface area contributed by atoms with Crippen molar-refractivity contribution >= 4 is 40.5 Å². The number of aromatic carboxylic acids is 1. The minimum Gasteiger partial charge on any atom is -0.495 e. The zero-order valence-electron chi connectivity index (χ0n) is 23.4. The molecule has 1 aromatic heterocycles. The van der Waals surface area contributed by atoms with E-state index in [1.807, 2.05) is 19.9 Å². The fourth-order valence-corrected chi connectivity index (χ4v) is 6.30. The van der Waals surface area contributed by atoms with Gasteiger partial charge in [0.05, 0.1) is 30.0 Å². The van der Waals surface area contributed by atoms with E-state index in [1.165, 1.54) is 18.4 Å². The van der Waals surface area contributed by atoms with Crippen molar-refractivity contribution in [3.05, 3.63) is 58.5 Å². The Hall–Kier alpha value is -3.11. The Morgan fingerprint density at radius 3 is 2.55 bits per heavy atom. The number of rotatable bonds is 9. The summed E-state index contributed by atoms with van der Waals surface area (Å²) in [4.78, 5) is 15.8. The van der Waals surface area contributed by atoms with Gasteiger partial charge >= 0.3 is 5.97 Å². The third-order valence-corrected chi connectivity index (χ3v) is 8.70. The number of benzene rings is 2. The van der Waals surface area contributed by atoms with Gasteiger partial charge in [0.15, 0.2) is 11.6 Å². The van der Waals surface area contributed by atoms with Crippen molar-refractivity contribution < 1.29 is 28.2 Å². The highest BCUT2D eigenvalue weighted by molar-refractivity contribution is 8.00. The summed E-state index contributed by atoms with van der Waals surface area (Å²) in [6.45, 7) is 10.5. The maximum absolute atomic E-state index is 16.0. The molecule has 214 valence electrons. The summed E-state index contributed by atoms with van der Waals surface area (Å²) in [5, 5.41) is 11.9. The van der Waals surface area contributed by atoms with Crippen molar-refractivity contribution in [3.63, 3.8) is 0 Å². The Bertz CT molecular complexity index is 1430. The molecule has 0 aliphatic heterocycles. The van der Waals surface area contributed by atoms with Gasteiger partial charge in [-0.2, -0.15) is 0 Å². The number of carboxylic acids is 1. The Labute approximate surface area is 242 Å². The zero-order chi connectivity index (χ0) is 29.2. The molecule has 4 rings (SSSR count). The minimum absolute atomic E-state index is 0.171. The van der Waals surface area contributed by atoms with Gasteiger partial charge in [0.25, 0.3) is 0 Å². The third-order valence-electron chi connectivity index (χ3n) is 6.93. The molecule has 0 saturated heterocycles. The van der Waals surface area contributed by atoms with Gasteiger partial charge in [-0.15, -0.1) is 11.3 Å². The van der Waals surface area contributed by atoms with Crippen molar-refractivity contribution in [3.8, 4) is 22.1 Å². The minimum atomic E-state index is -1.39. The molecule has 1 aliphatic rings. The predicted molar refractivity (Wildman–Crippen MR) is 157 cm³/mol. The van der Waals surface area contributed by atoms with Gasteiger partial charge in [0, 0.05) is 29.0 Å². The molecule has 3 aromatic rings. The van der Waals surface area contributed by atoms with Crippen molar-refractivity contribution in [2.45, 2.75) is 65.0 Å². The van der Waals surface area contributed by atoms with Crippen LogP contribution in [-0.4, -0.2) is 29.3 Å². The molecule has 1 unspecified atom stereocenters. The maximum Gasteiger partial charge on any atom is 0.338 e. The summed E-state index contributed by atoms with van der Waals surface area (Å²) in [6, 6.07) is 5.84. The first-order chi connectivity index (χ1) is 18.9.